The third-order valence-electron chi connectivity index (χ3n) is 21.4. The number of aromatic amines is 3. The number of hydrogen-bond acceptors (Lipinski definition) is 25. The van der Waals surface area contributed by atoms with Gasteiger partial charge >= 0.3 is 17.1 Å². The molecule has 0 aliphatic carbocycles. The Morgan fingerprint density at radius 3 is 0.975 bits per heavy atom. The molecule has 5 fully saturated rings. The van der Waals surface area contributed by atoms with Crippen LogP contribution >= 0.6 is 34.4 Å². The molecule has 15 N–H and O–H groups in total. The molecule has 10 heterocycles. The van der Waals surface area contributed by atoms with Gasteiger partial charge in [-0.25, -0.2) is 14.4 Å². The second-order valence-corrected chi connectivity index (χ2v) is 56.9. The maximum atomic E-state index is 12.2. The van der Waals surface area contributed by atoms with E-state index in [2.05, 4.69) is 137 Å². The highest BCUT2D eigenvalue weighted by Gasteiger charge is 2.52. The Morgan fingerprint density at radius 2 is 0.675 bits per heavy atom. The third kappa shape index (κ3) is 28.9. The minimum absolute atomic E-state index is 0.120. The van der Waals surface area contributed by atoms with Gasteiger partial charge in [-0.05, 0) is 155 Å². The Hall–Kier alpha value is -5.82. The van der Waals surface area contributed by atoms with Gasteiger partial charge in [-0.1, -0.05) is 51.5 Å². The molecule has 0 bridgehead atoms. The Kier molecular flexibility index (Phi) is 38.1. The van der Waals surface area contributed by atoms with Gasteiger partial charge in [0.25, 0.3) is 28.5 Å². The average molecular weight is 1790 g/mol. The molecule has 22 atom stereocenters. The molecule has 0 aromatic carbocycles. The van der Waals surface area contributed by atoms with Crippen molar-refractivity contribution in [2.45, 2.75) is 227 Å². The van der Waals surface area contributed by atoms with Gasteiger partial charge in [0.1, 0.15) is 91.6 Å². The van der Waals surface area contributed by atoms with Crippen LogP contribution in [0.15, 0.2) is 96.0 Å². The van der Waals surface area contributed by atoms with E-state index in [-0.39, 0.29) is 29.1 Å². The Balaban J connectivity index is 0.000000233. The molecular weight excluding hydrogens is 1650 g/mol. The Bertz CT molecular complexity index is 4780. The van der Waals surface area contributed by atoms with Gasteiger partial charge in [-0.2, -0.15) is 0 Å². The molecule has 0 radical (unpaired) electrons. The van der Waals surface area contributed by atoms with Crippen molar-refractivity contribution in [2.75, 3.05) is 97.5 Å². The van der Waals surface area contributed by atoms with Crippen molar-refractivity contribution in [3.8, 4) is 0 Å². The summed E-state index contributed by atoms with van der Waals surface area (Å²) < 4.78 is 32.9. The number of nitrogens with one attached hydrogen (secondary N) is 5. The lowest BCUT2D eigenvalue weighted by atomic mass is 9.89. The molecule has 2 unspecified atom stereocenters. The van der Waals surface area contributed by atoms with Crippen LogP contribution in [0.4, 0.5) is 0 Å². The topological polar surface area (TPSA) is 505 Å². The predicted octanol–water partition coefficient (Wildman–Crippen LogP) is 1.32. The van der Waals surface area contributed by atoms with Crippen LogP contribution in [-0.4, -0.2) is 336 Å². The number of carbonyl (C=O) groups excluding carboxylic acids is 4. The van der Waals surface area contributed by atoms with Crippen LogP contribution in [0.3, 0.4) is 0 Å². The number of ether oxygens (including phenoxy) is 5. The number of hydrogen-bond donors (Lipinski definition) is 15. The first-order valence-electron chi connectivity index (χ1n) is 40.5. The van der Waals surface area contributed by atoms with Gasteiger partial charge in [-0.3, -0.25) is 68.3 Å². The molecule has 4 amide bonds. The van der Waals surface area contributed by atoms with Gasteiger partial charge in [0.15, 0.2) is 0 Å². The van der Waals surface area contributed by atoms with Crippen LogP contribution in [0.1, 0.15) is 120 Å². The Morgan fingerprint density at radius 1 is 0.383 bits per heavy atom. The van der Waals surface area contributed by atoms with Gasteiger partial charge in [0.05, 0.1) is 59.0 Å². The average Bonchev–Trinajstić information content (AvgIpc) is 1.64. The number of aromatic nitrogens is 6. The number of allylic oxidation sites excluding steroid dienone is 2. The summed E-state index contributed by atoms with van der Waals surface area (Å²) in [6.07, 6.45) is 22.8. The zero-order valence-electron chi connectivity index (χ0n) is 71.6. The van der Waals surface area contributed by atoms with E-state index in [1.165, 1.54) is 38.4 Å². The fraction of sp³-hybridized carbons (Fsp3) is 0.646. The number of nitrogens with zero attached hydrogens (tertiary/aromatic N) is 3. The molecular formula is C82H133N8O25P5. The lowest BCUT2D eigenvalue weighted by Gasteiger charge is -2.26. The summed E-state index contributed by atoms with van der Waals surface area (Å²) in [4.78, 5) is 126. The second-order valence-electron chi connectivity index (χ2n) is 35.3. The van der Waals surface area contributed by atoms with Gasteiger partial charge < -0.3 is 79.3 Å². The van der Waals surface area contributed by atoms with Crippen LogP contribution in [0.5, 0.6) is 0 Å². The fourth-order valence-corrected chi connectivity index (χ4v) is 19.3. The highest BCUT2D eigenvalue weighted by molar-refractivity contribution is 7.73. The first-order chi connectivity index (χ1) is 55.7. The van der Waals surface area contributed by atoms with Gasteiger partial charge in [0, 0.05) is 49.4 Å². The van der Waals surface area contributed by atoms with E-state index in [9.17, 15) is 99.0 Å². The van der Waals surface area contributed by atoms with Crippen molar-refractivity contribution < 1.29 is 93.9 Å². The molecule has 0 saturated carbocycles. The maximum absolute atomic E-state index is 12.2. The van der Waals surface area contributed by atoms with Crippen molar-refractivity contribution in [2.24, 2.45) is 11.8 Å². The first kappa shape index (κ1) is 103. The van der Waals surface area contributed by atoms with E-state index >= 15 is 0 Å². The van der Waals surface area contributed by atoms with Crippen LogP contribution in [0, 0.1) is 11.8 Å². The summed E-state index contributed by atoms with van der Waals surface area (Å²) in [6, 6.07) is 0. The number of aliphatic hydroxyl groups excluding tert-OH is 10. The zero-order chi connectivity index (χ0) is 90.3. The molecule has 7 aliphatic heterocycles. The first-order valence-corrected chi connectivity index (χ1v) is 55.8. The van der Waals surface area contributed by atoms with Crippen molar-refractivity contribution in [1.82, 2.24) is 39.3 Å². The van der Waals surface area contributed by atoms with E-state index in [0.717, 1.165) is 43.7 Å². The van der Waals surface area contributed by atoms with Crippen LogP contribution in [-0.2, 0) is 62.5 Å². The molecule has 3 aromatic rings. The van der Waals surface area contributed by atoms with E-state index in [4.69, 9.17) is 23.7 Å². The lowest BCUT2D eigenvalue weighted by molar-refractivity contribution is -0.137. The van der Waals surface area contributed by atoms with Crippen LogP contribution in [0.25, 0.3) is 0 Å². The minimum atomic E-state index is -1.29. The quantitative estimate of drug-likeness (QED) is 0.0254. The number of rotatable bonds is 30. The van der Waals surface area contributed by atoms with Gasteiger partial charge in [-0.15, -0.1) is 79.1 Å². The van der Waals surface area contributed by atoms with Crippen LogP contribution < -0.4 is 44.4 Å². The minimum Gasteiger partial charge on any atom is -0.388 e. The molecule has 0 spiro atoms. The number of aryl methyl sites for hydroxylation is 2. The summed E-state index contributed by atoms with van der Waals surface area (Å²) >= 11 is 0. The molecule has 120 heavy (non-hydrogen) atoms. The summed E-state index contributed by atoms with van der Waals surface area (Å²) in [5.41, 5.74) is -1.94. The molecule has 7 aliphatic rings. The SMILES string of the molecule is C=CCCn1cc([C@@H]2O[C@H](CCP(=C)(C)C)[C@@H](O)[C@H]2O)c(=O)[nH]c1=O.C=CCn1cc([C@@H]2O[C@H](CCP(=C)(C)C)[C@@H](O)[C@H]2O)c(=O)[nH]c1=O.C=P(C)(C)CC[C@H]1O[C@@H](C2C=C(CC)C(=O)NC2=O)[C@H](O)[C@@H]1O.C=P(C)(C)CC[C@H]1O[C@@H](C2C=C(CCC)C(=O)NC2=O)[C@H](O)[C@@H]1O.C=P(C)(C)CC[C@H]1O[C@@H](c2cn(CCC)c(=O)[nH]c2=O)[C@H](O)[C@@H]1O. The monoisotopic (exact) mass is 1780 g/mol. The van der Waals surface area contributed by atoms with E-state index in [1.54, 1.807) is 18.2 Å². The number of carbonyl (C=O) groups is 4. The molecule has 10 rings (SSSR count). The Labute approximate surface area is 701 Å². The summed E-state index contributed by atoms with van der Waals surface area (Å²) in [6.45, 7) is 28.4. The predicted molar refractivity (Wildman–Crippen MR) is 481 cm³/mol. The van der Waals surface area contributed by atoms with Crippen molar-refractivity contribution in [3.05, 3.63) is 146 Å². The highest BCUT2D eigenvalue weighted by Crippen LogP contribution is 2.45. The second kappa shape index (κ2) is 44.4. The third-order valence-corrected chi connectivity index (χ3v) is 28.8. The standard InChI is InChI=1S/C17H27N2O5P.C17H28NO5P.C16H27N2O5P.C16H25N2O5P.C16H26NO5P/c1-5-6-8-19-10-11(16(22)18-17(19)23)15-14(21)13(20)12(24-15)7-9-25(2,3)4;1-5-6-10-9-11(17(22)18-16(10)21)15-14(20)13(19)12(23-15)7-8-24(2,3)4;2*1-5-7-18-9-10(15(21)17-16(18)22)14-13(20)12(19)11(23-14)6-8-24(2,3)4;1-5-9-8-10(16(21)17-15(9)20)14-13(19)12(18)11(22-14)6-7-23(2,3)4/h5,10,12-15,20-21H,1-2,6-9H2,3-4H3,(H,18,22,23);9,11-15,19-20H,2,5-8H2,1,3-4H3,(H,18,21,22);9,11-14,19-20H,2,5-8H2,1,3-4H3,(H,17,21,22);5,9,11-14,19-20H,1-2,6-8H2,3-4H3,(H,17,21,22);8,10-14,18-19H,2,5-7H2,1,3-4H3,(H,17,20,21)/t12-,13-,14-,15+;11?,12-,13-,14-,15+;2*11-,12-,13-,14+;10?,11-,12-,13-,14+/m11111/s1. The maximum Gasteiger partial charge on any atom is 0.328 e. The largest absolute Gasteiger partial charge is 0.388 e. The summed E-state index contributed by atoms with van der Waals surface area (Å²) in [5, 5.41) is 107. The van der Waals surface area contributed by atoms with Crippen molar-refractivity contribution in [3.63, 3.8) is 0 Å². The van der Waals surface area contributed by atoms with Crippen molar-refractivity contribution in [1.29, 1.82) is 0 Å². The molecule has 676 valence electrons. The van der Waals surface area contributed by atoms with Gasteiger partial charge in [0.2, 0.25) is 11.8 Å². The molecule has 5 saturated heterocycles. The van der Waals surface area contributed by atoms with E-state index in [0.29, 0.717) is 75.6 Å². The fourth-order valence-electron chi connectivity index (χ4n) is 14.5. The zero-order valence-corrected chi connectivity index (χ0v) is 76.1. The lowest BCUT2D eigenvalue weighted by Crippen LogP contribution is -2.48. The smallest absolute Gasteiger partial charge is 0.328 e. The van der Waals surface area contributed by atoms with E-state index < -0.39 is 220 Å². The van der Waals surface area contributed by atoms with E-state index in [1.807, 2.05) is 20.8 Å². The number of H-pyrrole nitrogens is 3. The number of imide groups is 2. The summed E-state index contributed by atoms with van der Waals surface area (Å²) in [7, 11) is 0. The summed E-state index contributed by atoms with van der Waals surface area (Å²) in [5.74, 6) is -3.29. The highest BCUT2D eigenvalue weighted by atomic mass is 31.2. The normalized spacial score (nSPS) is 30.1. The molecule has 3 aromatic heterocycles. The number of amides is 4. The number of aliphatic hydroxyl groups is 10. The van der Waals surface area contributed by atoms with Crippen LogP contribution in [0.2, 0.25) is 0 Å². The molecule has 38 heteroatoms. The van der Waals surface area contributed by atoms with Crippen molar-refractivity contribution >= 4 is 89.6 Å². The molecule has 33 nitrogen and oxygen atoms in total.